The Kier molecular flexibility index (Phi) is 8.61. The van der Waals surface area contributed by atoms with E-state index in [2.05, 4.69) is 20.4 Å². The average Bonchev–Trinajstić information content (AvgIpc) is 3.11. The maximum Gasteiger partial charge on any atom is 0.305 e. The first-order valence-electron chi connectivity index (χ1n) is 9.62. The molecule has 148 valence electrons. The van der Waals surface area contributed by atoms with E-state index in [9.17, 15) is 9.59 Å². The molecule has 0 saturated carbocycles. The summed E-state index contributed by atoms with van der Waals surface area (Å²) in [6.45, 7) is 4.92. The van der Waals surface area contributed by atoms with Crippen molar-refractivity contribution in [3.63, 3.8) is 0 Å². The van der Waals surface area contributed by atoms with E-state index in [1.807, 2.05) is 36.1 Å². The third kappa shape index (κ3) is 6.92. The number of hydrogen-bond donors (Lipinski definition) is 2. The zero-order valence-corrected chi connectivity index (χ0v) is 16.3. The molecule has 0 aliphatic carbocycles. The van der Waals surface area contributed by atoms with Gasteiger partial charge < -0.3 is 20.3 Å². The monoisotopic (exact) mass is 374 g/mol. The summed E-state index contributed by atoms with van der Waals surface area (Å²) >= 11 is 0. The summed E-state index contributed by atoms with van der Waals surface area (Å²) in [6, 6.07) is 8.01. The van der Waals surface area contributed by atoms with Gasteiger partial charge in [-0.2, -0.15) is 0 Å². The third-order valence-corrected chi connectivity index (χ3v) is 4.41. The Balaban J connectivity index is 1.81. The van der Waals surface area contributed by atoms with E-state index in [0.29, 0.717) is 19.4 Å². The third-order valence-electron chi connectivity index (χ3n) is 4.41. The minimum absolute atomic E-state index is 0.172. The highest BCUT2D eigenvalue weighted by Crippen LogP contribution is 2.21. The summed E-state index contributed by atoms with van der Waals surface area (Å²) in [7, 11) is 1.41. The second-order valence-corrected chi connectivity index (χ2v) is 6.47. The van der Waals surface area contributed by atoms with Gasteiger partial charge in [0.25, 0.3) is 0 Å². The minimum Gasteiger partial charge on any atom is -0.469 e. The van der Waals surface area contributed by atoms with Crippen molar-refractivity contribution in [2.24, 2.45) is 4.99 Å². The number of benzene rings is 1. The molecule has 0 radical (unpaired) electrons. The summed E-state index contributed by atoms with van der Waals surface area (Å²) in [6.07, 6.45) is 3.68. The first kappa shape index (κ1) is 20.7. The fraction of sp³-hybridized carbons (Fsp3) is 0.550. The Morgan fingerprint density at radius 2 is 2.00 bits per heavy atom. The highest BCUT2D eigenvalue weighted by atomic mass is 16.5. The van der Waals surface area contributed by atoms with Crippen molar-refractivity contribution in [1.29, 1.82) is 0 Å². The molecule has 0 unspecified atom stereocenters. The van der Waals surface area contributed by atoms with Crippen LogP contribution < -0.4 is 15.5 Å². The number of nitrogens with one attached hydrogen (secondary N) is 2. The molecular weight excluding hydrogens is 344 g/mol. The molecule has 1 aromatic carbocycles. The summed E-state index contributed by atoms with van der Waals surface area (Å²) in [5.41, 5.74) is 2.05. The van der Waals surface area contributed by atoms with Crippen molar-refractivity contribution in [1.82, 2.24) is 10.6 Å². The van der Waals surface area contributed by atoms with E-state index in [0.717, 1.165) is 56.1 Å². The molecule has 2 rings (SSSR count). The van der Waals surface area contributed by atoms with E-state index in [1.165, 1.54) is 7.11 Å². The van der Waals surface area contributed by atoms with Gasteiger partial charge in [0.1, 0.15) is 0 Å². The number of nitrogens with zero attached hydrogens (tertiary/aromatic N) is 2. The highest BCUT2D eigenvalue weighted by Gasteiger charge is 2.21. The zero-order valence-electron chi connectivity index (χ0n) is 16.3. The van der Waals surface area contributed by atoms with Crippen molar-refractivity contribution in [3.05, 3.63) is 29.8 Å². The standard InChI is InChI=1S/C20H30N4O3/c1-3-21-20(22-13-5-4-8-19(26)27-2)23-15-16-9-11-17(12-10-16)24-14-6-7-18(24)25/h9-12H,3-8,13-15H2,1-2H3,(H2,21,22,23). The van der Waals surface area contributed by atoms with Gasteiger partial charge in [0, 0.05) is 38.2 Å². The number of unbranched alkanes of at least 4 members (excludes halogenated alkanes) is 1. The lowest BCUT2D eigenvalue weighted by Gasteiger charge is -2.16. The van der Waals surface area contributed by atoms with Crippen LogP contribution in [0.2, 0.25) is 0 Å². The summed E-state index contributed by atoms with van der Waals surface area (Å²) < 4.78 is 4.63. The van der Waals surface area contributed by atoms with Gasteiger partial charge in [0.05, 0.1) is 13.7 Å². The van der Waals surface area contributed by atoms with Crippen molar-refractivity contribution < 1.29 is 14.3 Å². The molecular formula is C20H30N4O3. The van der Waals surface area contributed by atoms with Gasteiger partial charge in [-0.05, 0) is 43.9 Å². The van der Waals surface area contributed by atoms with Crippen LogP contribution in [0.3, 0.4) is 0 Å². The molecule has 2 N–H and O–H groups in total. The number of rotatable bonds is 9. The molecule has 0 bridgehead atoms. The largest absolute Gasteiger partial charge is 0.469 e. The Bertz CT molecular complexity index is 643. The summed E-state index contributed by atoms with van der Waals surface area (Å²) in [5.74, 6) is 0.788. The van der Waals surface area contributed by atoms with Crippen LogP contribution in [-0.4, -0.2) is 44.6 Å². The Morgan fingerprint density at radius 1 is 1.22 bits per heavy atom. The van der Waals surface area contributed by atoms with E-state index in [-0.39, 0.29) is 11.9 Å². The Hall–Kier alpha value is -2.57. The van der Waals surface area contributed by atoms with Gasteiger partial charge in [0.15, 0.2) is 5.96 Å². The number of esters is 1. The molecule has 0 atom stereocenters. The highest BCUT2D eigenvalue weighted by molar-refractivity contribution is 5.95. The number of ether oxygens (including phenoxy) is 1. The smallest absolute Gasteiger partial charge is 0.305 e. The topological polar surface area (TPSA) is 83.0 Å². The molecule has 7 heteroatoms. The van der Waals surface area contributed by atoms with Gasteiger partial charge in [-0.3, -0.25) is 9.59 Å². The number of methoxy groups -OCH3 is 1. The van der Waals surface area contributed by atoms with Gasteiger partial charge in [-0.25, -0.2) is 4.99 Å². The van der Waals surface area contributed by atoms with Crippen molar-refractivity contribution in [2.75, 3.05) is 31.6 Å². The Labute approximate surface area is 161 Å². The van der Waals surface area contributed by atoms with E-state index >= 15 is 0 Å². The average molecular weight is 374 g/mol. The molecule has 1 amide bonds. The molecule has 1 heterocycles. The number of aliphatic imine (C=N–C) groups is 1. The lowest BCUT2D eigenvalue weighted by Crippen LogP contribution is -2.37. The number of anilines is 1. The first-order valence-corrected chi connectivity index (χ1v) is 9.62. The predicted molar refractivity (Wildman–Crippen MR) is 107 cm³/mol. The van der Waals surface area contributed by atoms with E-state index < -0.39 is 0 Å². The molecule has 1 saturated heterocycles. The number of carbonyl (C=O) groups is 2. The zero-order chi connectivity index (χ0) is 19.5. The second-order valence-electron chi connectivity index (χ2n) is 6.47. The maximum atomic E-state index is 11.8. The molecule has 1 aliphatic rings. The van der Waals surface area contributed by atoms with Crippen LogP contribution in [0.5, 0.6) is 0 Å². The predicted octanol–water partition coefficient (Wildman–Crippen LogP) is 2.21. The van der Waals surface area contributed by atoms with Gasteiger partial charge in [-0.1, -0.05) is 12.1 Å². The normalized spacial score (nSPS) is 14.4. The lowest BCUT2D eigenvalue weighted by atomic mass is 10.2. The molecule has 7 nitrogen and oxygen atoms in total. The number of carbonyl (C=O) groups excluding carboxylic acids is 2. The van der Waals surface area contributed by atoms with Crippen LogP contribution in [0, 0.1) is 0 Å². The summed E-state index contributed by atoms with van der Waals surface area (Å²) in [4.78, 5) is 29.3. The molecule has 1 aromatic rings. The second kappa shape index (κ2) is 11.2. The van der Waals surface area contributed by atoms with Crippen LogP contribution in [0.1, 0.15) is 44.6 Å². The van der Waals surface area contributed by atoms with Crippen molar-refractivity contribution in [2.45, 2.75) is 45.6 Å². The van der Waals surface area contributed by atoms with E-state index in [4.69, 9.17) is 0 Å². The minimum atomic E-state index is -0.172. The van der Waals surface area contributed by atoms with Crippen LogP contribution in [-0.2, 0) is 20.9 Å². The molecule has 1 fully saturated rings. The van der Waals surface area contributed by atoms with Crippen LogP contribution >= 0.6 is 0 Å². The number of amides is 1. The molecule has 0 aromatic heterocycles. The van der Waals surface area contributed by atoms with Crippen LogP contribution in [0.25, 0.3) is 0 Å². The van der Waals surface area contributed by atoms with Gasteiger partial charge >= 0.3 is 5.97 Å². The fourth-order valence-electron chi connectivity index (χ4n) is 2.92. The Morgan fingerprint density at radius 3 is 2.63 bits per heavy atom. The van der Waals surface area contributed by atoms with Crippen molar-refractivity contribution >= 4 is 23.5 Å². The van der Waals surface area contributed by atoms with Gasteiger partial charge in [-0.15, -0.1) is 0 Å². The molecule has 0 spiro atoms. The molecule has 27 heavy (non-hydrogen) atoms. The van der Waals surface area contributed by atoms with Crippen molar-refractivity contribution in [3.8, 4) is 0 Å². The summed E-state index contributed by atoms with van der Waals surface area (Å²) in [5, 5.41) is 6.50. The van der Waals surface area contributed by atoms with Crippen LogP contribution in [0.4, 0.5) is 5.69 Å². The maximum absolute atomic E-state index is 11.8. The first-order chi connectivity index (χ1) is 13.1. The SMILES string of the molecule is CCNC(=NCc1ccc(N2CCCC2=O)cc1)NCCCCC(=O)OC. The number of guanidine groups is 1. The van der Waals surface area contributed by atoms with E-state index in [1.54, 1.807) is 0 Å². The fourth-order valence-corrected chi connectivity index (χ4v) is 2.92. The molecule has 1 aliphatic heterocycles. The van der Waals surface area contributed by atoms with Crippen LogP contribution in [0.15, 0.2) is 29.3 Å². The lowest BCUT2D eigenvalue weighted by molar-refractivity contribution is -0.140. The van der Waals surface area contributed by atoms with Gasteiger partial charge in [0.2, 0.25) is 5.91 Å². The number of hydrogen-bond acceptors (Lipinski definition) is 4. The quantitative estimate of drug-likeness (QED) is 0.300.